The summed E-state index contributed by atoms with van der Waals surface area (Å²) < 4.78 is 6.17. The van der Waals surface area contributed by atoms with E-state index in [-0.39, 0.29) is 0 Å². The first kappa shape index (κ1) is 13.9. The van der Waals surface area contributed by atoms with Crippen molar-refractivity contribution in [1.82, 2.24) is 10.3 Å². The van der Waals surface area contributed by atoms with Gasteiger partial charge in [0.15, 0.2) is 0 Å². The molecule has 3 rings (SSSR count). The van der Waals surface area contributed by atoms with Crippen LogP contribution in [0.15, 0.2) is 12.1 Å². The molecule has 0 spiro atoms. The van der Waals surface area contributed by atoms with Crippen LogP contribution in [0.1, 0.15) is 56.7 Å². The second-order valence-corrected chi connectivity index (χ2v) is 6.53. The Morgan fingerprint density at radius 2 is 2.00 bits per heavy atom. The van der Waals surface area contributed by atoms with E-state index in [1.807, 2.05) is 0 Å². The Morgan fingerprint density at radius 3 is 2.75 bits per heavy atom. The van der Waals surface area contributed by atoms with Gasteiger partial charge in [-0.05, 0) is 56.6 Å². The van der Waals surface area contributed by atoms with Crippen molar-refractivity contribution >= 4 is 0 Å². The number of nitrogens with one attached hydrogen (secondary N) is 1. The molecule has 0 bridgehead atoms. The van der Waals surface area contributed by atoms with E-state index in [1.54, 1.807) is 0 Å². The fourth-order valence-electron chi connectivity index (χ4n) is 3.03. The second-order valence-electron chi connectivity index (χ2n) is 6.53. The van der Waals surface area contributed by atoms with Gasteiger partial charge in [-0.2, -0.15) is 0 Å². The molecule has 0 saturated heterocycles. The number of pyridine rings is 1. The predicted octanol–water partition coefficient (Wildman–Crippen LogP) is 3.60. The maximum Gasteiger partial charge on any atom is 0.214 e. The molecule has 2 atom stereocenters. The Hall–Kier alpha value is -1.09. The van der Waals surface area contributed by atoms with Crippen molar-refractivity contribution in [3.8, 4) is 5.88 Å². The molecule has 0 amide bonds. The van der Waals surface area contributed by atoms with Gasteiger partial charge in [0.1, 0.15) is 6.10 Å². The lowest BCUT2D eigenvalue weighted by Crippen LogP contribution is -2.28. The number of ether oxygens (including phenoxy) is 1. The SMILES string of the molecule is Cc1cc(CNC2CC2)cc(OC2CCCCC2C)n1. The van der Waals surface area contributed by atoms with Crippen LogP contribution in [0.25, 0.3) is 0 Å². The molecule has 0 aliphatic heterocycles. The molecule has 1 aromatic rings. The smallest absolute Gasteiger partial charge is 0.214 e. The van der Waals surface area contributed by atoms with Crippen LogP contribution in [0.2, 0.25) is 0 Å². The number of aromatic nitrogens is 1. The highest BCUT2D eigenvalue weighted by atomic mass is 16.5. The van der Waals surface area contributed by atoms with Crippen molar-refractivity contribution in [1.29, 1.82) is 0 Å². The third-order valence-corrected chi connectivity index (χ3v) is 4.47. The summed E-state index contributed by atoms with van der Waals surface area (Å²) in [5, 5.41) is 3.56. The monoisotopic (exact) mass is 274 g/mol. The highest BCUT2D eigenvalue weighted by Crippen LogP contribution is 2.28. The minimum Gasteiger partial charge on any atom is -0.474 e. The lowest BCUT2D eigenvalue weighted by molar-refractivity contribution is 0.0973. The van der Waals surface area contributed by atoms with Gasteiger partial charge in [-0.3, -0.25) is 0 Å². The van der Waals surface area contributed by atoms with E-state index in [9.17, 15) is 0 Å². The fourth-order valence-corrected chi connectivity index (χ4v) is 3.03. The molecule has 2 saturated carbocycles. The Bertz CT molecular complexity index is 456. The minimum absolute atomic E-state index is 0.349. The summed E-state index contributed by atoms with van der Waals surface area (Å²) >= 11 is 0. The molecule has 2 aliphatic rings. The van der Waals surface area contributed by atoms with Gasteiger partial charge in [-0.25, -0.2) is 4.98 Å². The van der Waals surface area contributed by atoms with Crippen LogP contribution in [0.3, 0.4) is 0 Å². The summed E-state index contributed by atoms with van der Waals surface area (Å²) in [6, 6.07) is 5.02. The quantitative estimate of drug-likeness (QED) is 0.891. The van der Waals surface area contributed by atoms with Crippen LogP contribution in [-0.2, 0) is 6.54 Å². The maximum atomic E-state index is 6.17. The van der Waals surface area contributed by atoms with Gasteiger partial charge < -0.3 is 10.1 Å². The summed E-state index contributed by atoms with van der Waals surface area (Å²) in [4.78, 5) is 4.56. The third-order valence-electron chi connectivity index (χ3n) is 4.47. The molecule has 20 heavy (non-hydrogen) atoms. The van der Waals surface area contributed by atoms with Gasteiger partial charge in [0, 0.05) is 24.3 Å². The Balaban J connectivity index is 1.64. The number of hydrogen-bond donors (Lipinski definition) is 1. The lowest BCUT2D eigenvalue weighted by atomic mass is 9.88. The molecular weight excluding hydrogens is 248 g/mol. The molecule has 2 aliphatic carbocycles. The fraction of sp³-hybridized carbons (Fsp3) is 0.706. The molecule has 1 heterocycles. The number of aryl methyl sites for hydroxylation is 1. The van der Waals surface area contributed by atoms with Gasteiger partial charge in [-0.1, -0.05) is 13.3 Å². The van der Waals surface area contributed by atoms with Crippen LogP contribution >= 0.6 is 0 Å². The summed E-state index contributed by atoms with van der Waals surface area (Å²) in [6.07, 6.45) is 8.09. The third kappa shape index (κ3) is 3.72. The van der Waals surface area contributed by atoms with Crippen molar-refractivity contribution in [3.63, 3.8) is 0 Å². The average molecular weight is 274 g/mol. The van der Waals surface area contributed by atoms with E-state index < -0.39 is 0 Å². The van der Waals surface area contributed by atoms with Crippen molar-refractivity contribution in [2.75, 3.05) is 0 Å². The molecule has 2 fully saturated rings. The summed E-state index contributed by atoms with van der Waals surface area (Å²) in [5.41, 5.74) is 2.35. The molecule has 1 aromatic heterocycles. The minimum atomic E-state index is 0.349. The highest BCUT2D eigenvalue weighted by Gasteiger charge is 2.24. The predicted molar refractivity (Wildman–Crippen MR) is 80.9 cm³/mol. The number of rotatable bonds is 5. The van der Waals surface area contributed by atoms with Crippen LogP contribution < -0.4 is 10.1 Å². The molecule has 3 heteroatoms. The van der Waals surface area contributed by atoms with Crippen molar-refractivity contribution in [3.05, 3.63) is 23.4 Å². The normalized spacial score (nSPS) is 26.5. The molecule has 2 unspecified atom stereocenters. The van der Waals surface area contributed by atoms with E-state index in [4.69, 9.17) is 4.74 Å². The number of nitrogens with zero attached hydrogens (tertiary/aromatic N) is 1. The maximum absolute atomic E-state index is 6.17. The van der Waals surface area contributed by atoms with Crippen molar-refractivity contribution in [2.24, 2.45) is 5.92 Å². The Labute approximate surface area is 122 Å². The second kappa shape index (κ2) is 6.13. The Kier molecular flexibility index (Phi) is 4.25. The molecule has 3 nitrogen and oxygen atoms in total. The summed E-state index contributed by atoms with van der Waals surface area (Å²) in [5.74, 6) is 1.47. The number of hydrogen-bond acceptors (Lipinski definition) is 3. The zero-order chi connectivity index (χ0) is 13.9. The summed E-state index contributed by atoms with van der Waals surface area (Å²) in [6.45, 7) is 5.29. The molecule has 0 radical (unpaired) electrons. The van der Waals surface area contributed by atoms with E-state index in [0.29, 0.717) is 12.0 Å². The van der Waals surface area contributed by atoms with Crippen molar-refractivity contribution < 1.29 is 4.74 Å². The largest absolute Gasteiger partial charge is 0.474 e. The first-order valence-electron chi connectivity index (χ1n) is 8.08. The van der Waals surface area contributed by atoms with Gasteiger partial charge in [0.2, 0.25) is 5.88 Å². The molecule has 1 N–H and O–H groups in total. The standard InChI is InChI=1S/C17H26N2O/c1-12-5-3-4-6-16(12)20-17-10-14(9-13(2)19-17)11-18-15-7-8-15/h9-10,12,15-16,18H,3-8,11H2,1-2H3. The topological polar surface area (TPSA) is 34.1 Å². The summed E-state index contributed by atoms with van der Waals surface area (Å²) in [7, 11) is 0. The van der Waals surface area contributed by atoms with E-state index >= 15 is 0 Å². The van der Waals surface area contributed by atoms with Gasteiger partial charge in [0.25, 0.3) is 0 Å². The van der Waals surface area contributed by atoms with E-state index in [0.717, 1.165) is 24.2 Å². The zero-order valence-electron chi connectivity index (χ0n) is 12.7. The van der Waals surface area contributed by atoms with Gasteiger partial charge >= 0.3 is 0 Å². The molecule has 110 valence electrons. The average Bonchev–Trinajstić information content (AvgIpc) is 3.23. The van der Waals surface area contributed by atoms with Crippen molar-refractivity contribution in [2.45, 2.75) is 71.1 Å². The van der Waals surface area contributed by atoms with E-state index in [1.165, 1.54) is 44.1 Å². The van der Waals surface area contributed by atoms with E-state index in [2.05, 4.69) is 36.3 Å². The van der Waals surface area contributed by atoms with Crippen LogP contribution in [0, 0.1) is 12.8 Å². The highest BCUT2D eigenvalue weighted by molar-refractivity contribution is 5.25. The lowest BCUT2D eigenvalue weighted by Gasteiger charge is -2.29. The van der Waals surface area contributed by atoms with Gasteiger partial charge in [0.05, 0.1) is 0 Å². The first-order chi connectivity index (χ1) is 9.70. The van der Waals surface area contributed by atoms with Crippen LogP contribution in [0.5, 0.6) is 5.88 Å². The molecular formula is C17H26N2O. The first-order valence-corrected chi connectivity index (χ1v) is 8.08. The van der Waals surface area contributed by atoms with Crippen LogP contribution in [-0.4, -0.2) is 17.1 Å². The van der Waals surface area contributed by atoms with Gasteiger partial charge in [-0.15, -0.1) is 0 Å². The van der Waals surface area contributed by atoms with Crippen LogP contribution in [0.4, 0.5) is 0 Å². The Morgan fingerprint density at radius 1 is 1.20 bits per heavy atom. The zero-order valence-corrected chi connectivity index (χ0v) is 12.7. The molecule has 0 aromatic carbocycles.